The summed E-state index contributed by atoms with van der Waals surface area (Å²) >= 11 is 0. The predicted octanol–water partition coefficient (Wildman–Crippen LogP) is 2.89. The number of amides is 2. The highest BCUT2D eigenvalue weighted by molar-refractivity contribution is 5.87. The molecule has 0 aromatic heterocycles. The van der Waals surface area contributed by atoms with Crippen LogP contribution in [-0.4, -0.2) is 37.5 Å². The molecule has 0 radical (unpaired) electrons. The van der Waals surface area contributed by atoms with E-state index in [1.54, 1.807) is 6.92 Å². The summed E-state index contributed by atoms with van der Waals surface area (Å²) in [6, 6.07) is 15.9. The van der Waals surface area contributed by atoms with Gasteiger partial charge in [-0.15, -0.1) is 0 Å². The van der Waals surface area contributed by atoms with Crippen molar-refractivity contribution in [3.63, 3.8) is 0 Å². The molecule has 2 aromatic rings. The Bertz CT molecular complexity index is 776. The van der Waals surface area contributed by atoms with Crippen LogP contribution in [-0.2, 0) is 16.0 Å². The van der Waals surface area contributed by atoms with Crippen LogP contribution in [0.3, 0.4) is 0 Å². The van der Waals surface area contributed by atoms with Crippen LogP contribution in [0.5, 0.6) is 5.75 Å². The number of hydrazone groups is 1. The monoisotopic (exact) mass is 383 g/mol. The van der Waals surface area contributed by atoms with E-state index in [1.165, 1.54) is 6.21 Å². The van der Waals surface area contributed by atoms with Crippen LogP contribution in [0.15, 0.2) is 59.7 Å². The molecule has 2 N–H and O–H groups in total. The van der Waals surface area contributed by atoms with E-state index < -0.39 is 18.0 Å². The Morgan fingerprint density at radius 3 is 2.39 bits per heavy atom. The molecule has 2 rings (SSSR count). The fourth-order valence-corrected chi connectivity index (χ4v) is 2.44. The molecule has 0 bridgehead atoms. The van der Waals surface area contributed by atoms with E-state index in [-0.39, 0.29) is 6.61 Å². The number of rotatable bonds is 9. The molecule has 1 atom stereocenters. The lowest BCUT2D eigenvalue weighted by Gasteiger charge is -2.16. The average Bonchev–Trinajstić information content (AvgIpc) is 2.70. The van der Waals surface area contributed by atoms with Gasteiger partial charge in [-0.05, 0) is 49.2 Å². The molecule has 28 heavy (non-hydrogen) atoms. The van der Waals surface area contributed by atoms with E-state index >= 15 is 0 Å². The number of benzene rings is 2. The van der Waals surface area contributed by atoms with Crippen molar-refractivity contribution >= 4 is 18.2 Å². The molecule has 7 heteroatoms. The summed E-state index contributed by atoms with van der Waals surface area (Å²) in [5.74, 6) is 0.337. The number of ether oxygens (including phenoxy) is 2. The summed E-state index contributed by atoms with van der Waals surface area (Å²) in [5, 5.41) is 6.55. The quantitative estimate of drug-likeness (QED) is 0.515. The van der Waals surface area contributed by atoms with Crippen LogP contribution in [0.1, 0.15) is 25.0 Å². The first-order valence-corrected chi connectivity index (χ1v) is 9.15. The zero-order chi connectivity index (χ0) is 20.2. The van der Waals surface area contributed by atoms with Gasteiger partial charge in [0.1, 0.15) is 11.8 Å². The summed E-state index contributed by atoms with van der Waals surface area (Å²) in [4.78, 5) is 24.3. The normalized spacial score (nSPS) is 11.6. The van der Waals surface area contributed by atoms with E-state index in [0.29, 0.717) is 13.0 Å². The molecule has 0 saturated heterocycles. The molecule has 0 fully saturated rings. The number of nitrogens with zero attached hydrogens (tertiary/aromatic N) is 1. The van der Waals surface area contributed by atoms with Crippen molar-refractivity contribution in [1.29, 1.82) is 0 Å². The zero-order valence-corrected chi connectivity index (χ0v) is 16.1. The minimum atomic E-state index is -0.807. The fraction of sp³-hybridized carbons (Fsp3) is 0.286. The summed E-state index contributed by atoms with van der Waals surface area (Å²) < 4.78 is 10.3. The van der Waals surface area contributed by atoms with Gasteiger partial charge in [0.25, 0.3) is 5.91 Å². The van der Waals surface area contributed by atoms with E-state index in [1.807, 2.05) is 61.5 Å². The lowest BCUT2D eigenvalue weighted by Crippen LogP contribution is -2.47. The Balaban J connectivity index is 1.98. The third-order valence-corrected chi connectivity index (χ3v) is 3.75. The van der Waals surface area contributed by atoms with E-state index in [9.17, 15) is 9.59 Å². The van der Waals surface area contributed by atoms with Crippen LogP contribution < -0.4 is 15.5 Å². The molecule has 2 aromatic carbocycles. The van der Waals surface area contributed by atoms with E-state index in [4.69, 9.17) is 9.47 Å². The van der Waals surface area contributed by atoms with Gasteiger partial charge in [0.15, 0.2) is 0 Å². The van der Waals surface area contributed by atoms with Gasteiger partial charge in [-0.3, -0.25) is 4.79 Å². The first kappa shape index (κ1) is 21.0. The van der Waals surface area contributed by atoms with Crippen LogP contribution in [0, 0.1) is 0 Å². The highest BCUT2D eigenvalue weighted by Crippen LogP contribution is 2.10. The number of carbonyl (C=O) groups is 2. The molecular formula is C21H25N3O4. The topological polar surface area (TPSA) is 89.0 Å². The third-order valence-electron chi connectivity index (χ3n) is 3.75. The molecule has 0 aliphatic heterocycles. The molecule has 7 nitrogen and oxygen atoms in total. The van der Waals surface area contributed by atoms with E-state index in [0.717, 1.165) is 16.9 Å². The molecule has 2 amide bonds. The summed E-state index contributed by atoms with van der Waals surface area (Å²) in [6.45, 7) is 4.44. The van der Waals surface area contributed by atoms with Crippen LogP contribution in [0.25, 0.3) is 0 Å². The molecule has 0 unspecified atom stereocenters. The second-order valence-electron chi connectivity index (χ2n) is 5.84. The Morgan fingerprint density at radius 1 is 1.04 bits per heavy atom. The molecule has 0 saturated carbocycles. The molecular weight excluding hydrogens is 358 g/mol. The summed E-state index contributed by atoms with van der Waals surface area (Å²) in [7, 11) is 0. The smallest absolute Gasteiger partial charge is 0.407 e. The summed E-state index contributed by atoms with van der Waals surface area (Å²) in [6.07, 6.45) is 1.20. The second-order valence-corrected chi connectivity index (χ2v) is 5.84. The number of carbonyl (C=O) groups excluding carboxylic acids is 2. The lowest BCUT2D eigenvalue weighted by molar-refractivity contribution is -0.123. The average molecular weight is 383 g/mol. The second kappa shape index (κ2) is 11.4. The van der Waals surface area contributed by atoms with Crippen molar-refractivity contribution < 1.29 is 19.1 Å². The maximum Gasteiger partial charge on any atom is 0.407 e. The van der Waals surface area contributed by atoms with Crippen molar-refractivity contribution in [3.8, 4) is 5.75 Å². The number of alkyl carbamates (subject to hydrolysis) is 1. The molecule has 148 valence electrons. The minimum absolute atomic E-state index is 0.224. The van der Waals surface area contributed by atoms with Gasteiger partial charge in [0, 0.05) is 6.42 Å². The van der Waals surface area contributed by atoms with Crippen LogP contribution in [0.2, 0.25) is 0 Å². The Kier molecular flexibility index (Phi) is 8.52. The van der Waals surface area contributed by atoms with Gasteiger partial charge < -0.3 is 14.8 Å². The predicted molar refractivity (Wildman–Crippen MR) is 107 cm³/mol. The highest BCUT2D eigenvalue weighted by atomic mass is 16.5. The molecule has 0 aliphatic carbocycles. The third kappa shape index (κ3) is 7.11. The summed E-state index contributed by atoms with van der Waals surface area (Å²) in [5.41, 5.74) is 4.19. The maximum absolute atomic E-state index is 12.5. The van der Waals surface area contributed by atoms with Crippen LogP contribution in [0.4, 0.5) is 4.79 Å². The highest BCUT2D eigenvalue weighted by Gasteiger charge is 2.21. The Labute approximate surface area is 164 Å². The first-order valence-electron chi connectivity index (χ1n) is 9.15. The Morgan fingerprint density at radius 2 is 1.75 bits per heavy atom. The van der Waals surface area contributed by atoms with Gasteiger partial charge >= 0.3 is 6.09 Å². The van der Waals surface area contributed by atoms with Crippen molar-refractivity contribution in [2.75, 3.05) is 13.2 Å². The minimum Gasteiger partial charge on any atom is -0.494 e. The van der Waals surface area contributed by atoms with Gasteiger partial charge in [0.2, 0.25) is 0 Å². The number of nitrogens with one attached hydrogen (secondary N) is 2. The van der Waals surface area contributed by atoms with Gasteiger partial charge in [-0.25, -0.2) is 10.2 Å². The standard InChI is InChI=1S/C21H25N3O4/c1-3-27-18-12-10-17(11-13-18)15-22-24-20(25)19(23-21(26)28-4-2)14-16-8-6-5-7-9-16/h5-13,15,19H,3-4,14H2,1-2H3,(H,23,26)(H,24,25)/b22-15-/t19-/m1/s1. The molecule has 0 heterocycles. The fourth-order valence-electron chi connectivity index (χ4n) is 2.44. The SMILES string of the molecule is CCOC(=O)N[C@H](Cc1ccccc1)C(=O)N/N=C\c1ccc(OCC)cc1. The van der Waals surface area contributed by atoms with E-state index in [2.05, 4.69) is 15.8 Å². The maximum atomic E-state index is 12.5. The molecule has 0 spiro atoms. The number of hydrogen-bond acceptors (Lipinski definition) is 5. The molecule has 0 aliphatic rings. The van der Waals surface area contributed by atoms with Crippen molar-refractivity contribution in [3.05, 3.63) is 65.7 Å². The number of hydrogen-bond donors (Lipinski definition) is 2. The van der Waals surface area contributed by atoms with Crippen LogP contribution >= 0.6 is 0 Å². The largest absolute Gasteiger partial charge is 0.494 e. The zero-order valence-electron chi connectivity index (χ0n) is 16.1. The Hall–Kier alpha value is -3.35. The van der Waals surface area contributed by atoms with Crippen molar-refractivity contribution in [1.82, 2.24) is 10.7 Å². The first-order chi connectivity index (χ1) is 13.6. The van der Waals surface area contributed by atoms with Crippen molar-refractivity contribution in [2.45, 2.75) is 26.3 Å². The lowest BCUT2D eigenvalue weighted by atomic mass is 10.1. The van der Waals surface area contributed by atoms with Gasteiger partial charge in [-0.1, -0.05) is 30.3 Å². The van der Waals surface area contributed by atoms with Gasteiger partial charge in [0.05, 0.1) is 19.4 Å². The van der Waals surface area contributed by atoms with Crippen molar-refractivity contribution in [2.24, 2.45) is 5.10 Å². The van der Waals surface area contributed by atoms with Gasteiger partial charge in [-0.2, -0.15) is 5.10 Å².